The number of H-pyrrole nitrogens is 1. The van der Waals surface area contributed by atoms with Gasteiger partial charge in [-0.05, 0) is 30.3 Å². The Morgan fingerprint density at radius 2 is 1.73 bits per heavy atom. The Balaban J connectivity index is 1.37. The highest BCUT2D eigenvalue weighted by molar-refractivity contribution is 5.95. The van der Waals surface area contributed by atoms with Crippen molar-refractivity contribution in [2.45, 2.75) is 6.54 Å². The molecule has 0 saturated carbocycles. The molecule has 1 amide bonds. The fraction of sp³-hybridized carbons (Fsp3) is 0.364. The molecular formula is C22H26N4O4. The lowest BCUT2D eigenvalue weighted by atomic mass is 10.1. The third kappa shape index (κ3) is 4.04. The zero-order chi connectivity index (χ0) is 21.1. The lowest BCUT2D eigenvalue weighted by Gasteiger charge is -2.34. The van der Waals surface area contributed by atoms with E-state index in [0.29, 0.717) is 30.2 Å². The number of methoxy groups -OCH3 is 3. The molecule has 0 bridgehead atoms. The Morgan fingerprint density at radius 1 is 0.967 bits per heavy atom. The second-order valence-corrected chi connectivity index (χ2v) is 7.20. The number of nitrogens with one attached hydrogen (secondary N) is 1. The van der Waals surface area contributed by atoms with Crippen molar-refractivity contribution < 1.29 is 19.0 Å². The summed E-state index contributed by atoms with van der Waals surface area (Å²) in [5, 5.41) is 0. The highest BCUT2D eigenvalue weighted by Gasteiger charge is 2.23. The van der Waals surface area contributed by atoms with Crippen molar-refractivity contribution in [2.75, 3.05) is 47.5 Å². The molecule has 1 N–H and O–H groups in total. The Morgan fingerprint density at radius 3 is 2.43 bits per heavy atom. The number of nitrogens with zero attached hydrogens (tertiary/aromatic N) is 3. The lowest BCUT2D eigenvalue weighted by molar-refractivity contribution is 0.0625. The van der Waals surface area contributed by atoms with Gasteiger partial charge in [-0.2, -0.15) is 0 Å². The van der Waals surface area contributed by atoms with Crippen molar-refractivity contribution >= 4 is 16.9 Å². The maximum Gasteiger partial charge on any atom is 0.254 e. The lowest BCUT2D eigenvalue weighted by Crippen LogP contribution is -2.48. The van der Waals surface area contributed by atoms with Gasteiger partial charge in [0.25, 0.3) is 5.91 Å². The molecule has 1 aliphatic heterocycles. The number of hydrogen-bond acceptors (Lipinski definition) is 6. The number of aromatic nitrogens is 2. The Hall–Kier alpha value is -3.26. The summed E-state index contributed by atoms with van der Waals surface area (Å²) < 4.78 is 15.8. The van der Waals surface area contributed by atoms with Crippen molar-refractivity contribution in [3.8, 4) is 17.2 Å². The van der Waals surface area contributed by atoms with E-state index in [1.807, 2.05) is 23.1 Å². The van der Waals surface area contributed by atoms with Crippen molar-refractivity contribution in [3.05, 3.63) is 47.8 Å². The van der Waals surface area contributed by atoms with Gasteiger partial charge >= 0.3 is 0 Å². The number of rotatable bonds is 6. The molecule has 1 fully saturated rings. The summed E-state index contributed by atoms with van der Waals surface area (Å²) in [6.45, 7) is 3.64. The van der Waals surface area contributed by atoms with Crippen LogP contribution in [0.2, 0.25) is 0 Å². The van der Waals surface area contributed by atoms with Crippen LogP contribution in [-0.4, -0.2) is 73.2 Å². The van der Waals surface area contributed by atoms with Crippen LogP contribution < -0.4 is 14.2 Å². The quantitative estimate of drug-likeness (QED) is 0.673. The molecule has 8 nitrogen and oxygen atoms in total. The van der Waals surface area contributed by atoms with Crippen LogP contribution in [0.4, 0.5) is 0 Å². The van der Waals surface area contributed by atoms with Crippen LogP contribution >= 0.6 is 0 Å². The van der Waals surface area contributed by atoms with Crippen LogP contribution in [0.25, 0.3) is 11.0 Å². The van der Waals surface area contributed by atoms with Gasteiger partial charge in [0, 0.05) is 37.8 Å². The molecular weight excluding hydrogens is 384 g/mol. The van der Waals surface area contributed by atoms with Gasteiger partial charge in [0.15, 0.2) is 11.5 Å². The molecule has 4 rings (SSSR count). The van der Waals surface area contributed by atoms with Crippen LogP contribution in [-0.2, 0) is 6.54 Å². The minimum absolute atomic E-state index is 0.00596. The van der Waals surface area contributed by atoms with Gasteiger partial charge < -0.3 is 24.1 Å². The Labute approximate surface area is 175 Å². The molecule has 0 spiro atoms. The Kier molecular flexibility index (Phi) is 5.76. The Bertz CT molecular complexity index is 1040. The molecule has 2 heterocycles. The fourth-order valence-corrected chi connectivity index (χ4v) is 3.72. The van der Waals surface area contributed by atoms with Gasteiger partial charge in [-0.25, -0.2) is 4.98 Å². The molecule has 0 aliphatic carbocycles. The molecule has 2 aromatic carbocycles. The first-order valence-electron chi connectivity index (χ1n) is 9.87. The van der Waals surface area contributed by atoms with E-state index in [0.717, 1.165) is 42.2 Å². The van der Waals surface area contributed by atoms with E-state index in [1.165, 1.54) is 0 Å². The number of carbonyl (C=O) groups is 1. The summed E-state index contributed by atoms with van der Waals surface area (Å²) in [6.07, 6.45) is 0. The first kappa shape index (κ1) is 20.0. The fourth-order valence-electron chi connectivity index (χ4n) is 3.72. The summed E-state index contributed by atoms with van der Waals surface area (Å²) in [6, 6.07) is 11.1. The number of amides is 1. The van der Waals surface area contributed by atoms with Gasteiger partial charge in [0.05, 0.1) is 38.9 Å². The third-order valence-corrected chi connectivity index (χ3v) is 5.40. The monoisotopic (exact) mass is 410 g/mol. The van der Waals surface area contributed by atoms with Crippen LogP contribution in [0.3, 0.4) is 0 Å². The van der Waals surface area contributed by atoms with E-state index in [1.54, 1.807) is 39.5 Å². The first-order chi connectivity index (χ1) is 14.6. The number of imidazole rings is 1. The highest BCUT2D eigenvalue weighted by Crippen LogP contribution is 2.28. The molecule has 3 aromatic rings. The van der Waals surface area contributed by atoms with E-state index < -0.39 is 0 Å². The van der Waals surface area contributed by atoms with Gasteiger partial charge in [0.1, 0.15) is 11.6 Å². The van der Waals surface area contributed by atoms with Crippen molar-refractivity contribution in [2.24, 2.45) is 0 Å². The van der Waals surface area contributed by atoms with E-state index in [-0.39, 0.29) is 5.91 Å². The second kappa shape index (κ2) is 8.62. The number of piperazine rings is 1. The van der Waals surface area contributed by atoms with Gasteiger partial charge in [-0.1, -0.05) is 0 Å². The summed E-state index contributed by atoms with van der Waals surface area (Å²) in [5.74, 6) is 2.90. The highest BCUT2D eigenvalue weighted by atomic mass is 16.5. The molecule has 0 atom stereocenters. The van der Waals surface area contributed by atoms with E-state index >= 15 is 0 Å². The summed E-state index contributed by atoms with van der Waals surface area (Å²) in [7, 11) is 4.80. The predicted molar refractivity (Wildman–Crippen MR) is 113 cm³/mol. The average molecular weight is 410 g/mol. The SMILES string of the molecule is COc1ccc2nc(CN3CCN(C(=O)c4ccc(OC)c(OC)c4)CC3)[nH]c2c1. The standard InChI is InChI=1S/C22H26N4O4/c1-28-16-5-6-17-18(13-16)24-21(23-17)14-25-8-10-26(11-9-25)22(27)15-4-7-19(29-2)20(12-15)30-3/h4-7,12-13H,8-11,14H2,1-3H3,(H,23,24). The number of carbonyl (C=O) groups excluding carboxylic acids is 1. The number of fused-ring (bicyclic) bond motifs is 1. The molecule has 1 saturated heterocycles. The first-order valence-corrected chi connectivity index (χ1v) is 9.87. The summed E-state index contributed by atoms with van der Waals surface area (Å²) in [4.78, 5) is 25.1. The predicted octanol–water partition coefficient (Wildman–Crippen LogP) is 2.55. The summed E-state index contributed by atoms with van der Waals surface area (Å²) in [5.41, 5.74) is 2.49. The number of hydrogen-bond donors (Lipinski definition) is 1. The molecule has 0 unspecified atom stereocenters. The zero-order valence-electron chi connectivity index (χ0n) is 17.5. The number of ether oxygens (including phenoxy) is 3. The summed E-state index contributed by atoms with van der Waals surface area (Å²) >= 11 is 0. The second-order valence-electron chi connectivity index (χ2n) is 7.20. The maximum atomic E-state index is 12.9. The van der Waals surface area contributed by atoms with Crippen LogP contribution in [0, 0.1) is 0 Å². The maximum absolute atomic E-state index is 12.9. The molecule has 1 aromatic heterocycles. The smallest absolute Gasteiger partial charge is 0.254 e. The van der Waals surface area contributed by atoms with Crippen LogP contribution in [0.5, 0.6) is 17.2 Å². The van der Waals surface area contributed by atoms with E-state index in [2.05, 4.69) is 14.9 Å². The molecule has 30 heavy (non-hydrogen) atoms. The zero-order valence-corrected chi connectivity index (χ0v) is 17.5. The van der Waals surface area contributed by atoms with Gasteiger partial charge in [0.2, 0.25) is 0 Å². The van der Waals surface area contributed by atoms with Gasteiger partial charge in [-0.3, -0.25) is 9.69 Å². The van der Waals surface area contributed by atoms with Gasteiger partial charge in [-0.15, -0.1) is 0 Å². The molecule has 1 aliphatic rings. The normalized spacial score (nSPS) is 14.7. The third-order valence-electron chi connectivity index (χ3n) is 5.40. The van der Waals surface area contributed by atoms with Crippen molar-refractivity contribution in [1.82, 2.24) is 19.8 Å². The number of benzene rings is 2. The molecule has 0 radical (unpaired) electrons. The molecule has 158 valence electrons. The minimum atomic E-state index is 0.00596. The van der Waals surface area contributed by atoms with E-state index in [9.17, 15) is 4.79 Å². The largest absolute Gasteiger partial charge is 0.497 e. The topological polar surface area (TPSA) is 79.9 Å². The number of aromatic amines is 1. The van der Waals surface area contributed by atoms with Crippen molar-refractivity contribution in [3.63, 3.8) is 0 Å². The van der Waals surface area contributed by atoms with Crippen molar-refractivity contribution in [1.29, 1.82) is 0 Å². The average Bonchev–Trinajstić information content (AvgIpc) is 3.19. The van der Waals surface area contributed by atoms with Crippen LogP contribution in [0.1, 0.15) is 16.2 Å². The van der Waals surface area contributed by atoms with E-state index in [4.69, 9.17) is 14.2 Å². The minimum Gasteiger partial charge on any atom is -0.497 e. The van der Waals surface area contributed by atoms with Crippen LogP contribution in [0.15, 0.2) is 36.4 Å². The molecule has 8 heteroatoms.